The highest BCUT2D eigenvalue weighted by Crippen LogP contribution is 2.23. The lowest BCUT2D eigenvalue weighted by Gasteiger charge is -2.16. The van der Waals surface area contributed by atoms with Gasteiger partial charge in [0.05, 0.1) is 11.4 Å². The molecule has 2 amide bonds. The number of nitrogens with one attached hydrogen (secondary N) is 2. The van der Waals surface area contributed by atoms with Crippen molar-refractivity contribution in [2.24, 2.45) is 0 Å². The summed E-state index contributed by atoms with van der Waals surface area (Å²) >= 11 is 0. The Labute approximate surface area is 164 Å². The molecular formula is C20H23N3O4S. The second-order valence-corrected chi connectivity index (χ2v) is 8.58. The highest BCUT2D eigenvalue weighted by atomic mass is 32.2. The standard InChI is InChI=1S/C20H23N3O4S/c1-14-5-6-16(12-15(14)2)22-19(24)13-21-28(26,27)18-9-7-17(8-10-18)23-11-3-4-20(23)25/h5-10,12,21H,3-4,11,13H2,1-2H3,(H,22,24). The maximum atomic E-state index is 12.4. The number of benzene rings is 2. The van der Waals surface area contributed by atoms with Gasteiger partial charge in [-0.1, -0.05) is 6.07 Å². The third-order valence-corrected chi connectivity index (χ3v) is 6.16. The summed E-state index contributed by atoms with van der Waals surface area (Å²) in [5.41, 5.74) is 3.44. The van der Waals surface area contributed by atoms with Crippen molar-refractivity contribution >= 4 is 33.2 Å². The quantitative estimate of drug-likeness (QED) is 0.777. The molecule has 0 radical (unpaired) electrons. The first-order chi connectivity index (χ1) is 13.3. The Hall–Kier alpha value is -2.71. The van der Waals surface area contributed by atoms with E-state index in [0.29, 0.717) is 24.3 Å². The van der Waals surface area contributed by atoms with Crippen LogP contribution in [0.25, 0.3) is 0 Å². The number of aryl methyl sites for hydroxylation is 2. The van der Waals surface area contributed by atoms with E-state index in [9.17, 15) is 18.0 Å². The van der Waals surface area contributed by atoms with Crippen LogP contribution >= 0.6 is 0 Å². The van der Waals surface area contributed by atoms with Gasteiger partial charge in [0.2, 0.25) is 21.8 Å². The molecule has 0 spiro atoms. The topological polar surface area (TPSA) is 95.6 Å². The van der Waals surface area contributed by atoms with E-state index in [1.54, 1.807) is 23.1 Å². The fraction of sp³-hybridized carbons (Fsp3) is 0.300. The molecule has 148 valence electrons. The summed E-state index contributed by atoms with van der Waals surface area (Å²) in [6.07, 6.45) is 1.31. The SMILES string of the molecule is Cc1ccc(NC(=O)CNS(=O)(=O)c2ccc(N3CCCC3=O)cc2)cc1C. The maximum Gasteiger partial charge on any atom is 0.241 e. The zero-order valence-corrected chi connectivity index (χ0v) is 16.7. The molecule has 1 aliphatic rings. The number of hydrogen-bond donors (Lipinski definition) is 2. The number of sulfonamides is 1. The summed E-state index contributed by atoms with van der Waals surface area (Å²) in [5.74, 6) is -0.414. The zero-order chi connectivity index (χ0) is 20.3. The molecule has 2 aromatic carbocycles. The average molecular weight is 401 g/mol. The van der Waals surface area contributed by atoms with Crippen molar-refractivity contribution in [1.82, 2.24) is 4.72 Å². The molecular weight excluding hydrogens is 378 g/mol. The summed E-state index contributed by atoms with van der Waals surface area (Å²) in [6, 6.07) is 11.6. The molecule has 0 aliphatic carbocycles. The minimum absolute atomic E-state index is 0.0387. The first-order valence-electron chi connectivity index (χ1n) is 9.03. The monoisotopic (exact) mass is 401 g/mol. The third-order valence-electron chi connectivity index (χ3n) is 4.75. The highest BCUT2D eigenvalue weighted by Gasteiger charge is 2.22. The first-order valence-corrected chi connectivity index (χ1v) is 10.5. The molecule has 1 saturated heterocycles. The van der Waals surface area contributed by atoms with E-state index in [0.717, 1.165) is 17.5 Å². The van der Waals surface area contributed by atoms with Crippen LogP contribution in [0.15, 0.2) is 47.4 Å². The third kappa shape index (κ3) is 4.58. The molecule has 3 rings (SSSR count). The van der Waals surface area contributed by atoms with Gasteiger partial charge in [0, 0.05) is 24.3 Å². The molecule has 1 aliphatic heterocycles. The molecule has 28 heavy (non-hydrogen) atoms. The van der Waals surface area contributed by atoms with Crippen molar-refractivity contribution < 1.29 is 18.0 Å². The van der Waals surface area contributed by atoms with Crippen LogP contribution in [-0.4, -0.2) is 33.3 Å². The van der Waals surface area contributed by atoms with Gasteiger partial charge in [0.25, 0.3) is 0 Å². The van der Waals surface area contributed by atoms with Gasteiger partial charge in [-0.2, -0.15) is 0 Å². The van der Waals surface area contributed by atoms with Gasteiger partial charge in [0.1, 0.15) is 0 Å². The lowest BCUT2D eigenvalue weighted by atomic mass is 10.1. The van der Waals surface area contributed by atoms with Gasteiger partial charge >= 0.3 is 0 Å². The van der Waals surface area contributed by atoms with Crippen LogP contribution in [0.3, 0.4) is 0 Å². The average Bonchev–Trinajstić information content (AvgIpc) is 3.09. The number of rotatable bonds is 6. The summed E-state index contributed by atoms with van der Waals surface area (Å²) in [6.45, 7) is 4.18. The van der Waals surface area contributed by atoms with E-state index < -0.39 is 15.9 Å². The van der Waals surface area contributed by atoms with E-state index in [1.807, 2.05) is 26.0 Å². The number of anilines is 2. The minimum Gasteiger partial charge on any atom is -0.325 e. The summed E-state index contributed by atoms with van der Waals surface area (Å²) < 4.78 is 27.1. The molecule has 1 heterocycles. The molecule has 0 atom stereocenters. The van der Waals surface area contributed by atoms with Crippen molar-refractivity contribution in [2.45, 2.75) is 31.6 Å². The number of carbonyl (C=O) groups is 2. The van der Waals surface area contributed by atoms with E-state index in [-0.39, 0.29) is 17.3 Å². The predicted molar refractivity (Wildman–Crippen MR) is 108 cm³/mol. The maximum absolute atomic E-state index is 12.4. The van der Waals surface area contributed by atoms with Crippen molar-refractivity contribution in [1.29, 1.82) is 0 Å². The van der Waals surface area contributed by atoms with Crippen LogP contribution in [0.1, 0.15) is 24.0 Å². The van der Waals surface area contributed by atoms with Crippen molar-refractivity contribution in [3.05, 3.63) is 53.6 Å². The van der Waals surface area contributed by atoms with Crippen molar-refractivity contribution in [3.8, 4) is 0 Å². The normalized spacial score (nSPS) is 14.4. The molecule has 1 fully saturated rings. The van der Waals surface area contributed by atoms with Gasteiger partial charge in [-0.25, -0.2) is 13.1 Å². The zero-order valence-electron chi connectivity index (χ0n) is 15.9. The van der Waals surface area contributed by atoms with E-state index >= 15 is 0 Å². The summed E-state index contributed by atoms with van der Waals surface area (Å²) in [7, 11) is -3.83. The molecule has 2 N–H and O–H groups in total. The van der Waals surface area contributed by atoms with Gasteiger partial charge < -0.3 is 10.2 Å². The molecule has 0 aromatic heterocycles. The molecule has 7 nitrogen and oxygen atoms in total. The fourth-order valence-electron chi connectivity index (χ4n) is 2.99. The van der Waals surface area contributed by atoms with Gasteiger partial charge in [-0.15, -0.1) is 0 Å². The number of amides is 2. The Bertz CT molecular complexity index is 1000. The van der Waals surface area contributed by atoms with Crippen LogP contribution in [0.2, 0.25) is 0 Å². The fourth-order valence-corrected chi connectivity index (χ4v) is 3.98. The molecule has 8 heteroatoms. The van der Waals surface area contributed by atoms with Gasteiger partial charge in [0.15, 0.2) is 0 Å². The smallest absolute Gasteiger partial charge is 0.241 e. The minimum atomic E-state index is -3.83. The molecule has 0 bridgehead atoms. The van der Waals surface area contributed by atoms with Crippen molar-refractivity contribution in [2.75, 3.05) is 23.3 Å². The largest absolute Gasteiger partial charge is 0.325 e. The Morgan fingerprint density at radius 2 is 1.79 bits per heavy atom. The van der Waals surface area contributed by atoms with Crippen LogP contribution in [0, 0.1) is 13.8 Å². The van der Waals surface area contributed by atoms with E-state index in [1.165, 1.54) is 12.1 Å². The molecule has 2 aromatic rings. The summed E-state index contributed by atoms with van der Waals surface area (Å²) in [4.78, 5) is 25.5. The Balaban J connectivity index is 1.60. The van der Waals surface area contributed by atoms with Gasteiger partial charge in [-0.3, -0.25) is 9.59 Å². The summed E-state index contributed by atoms with van der Waals surface area (Å²) in [5, 5.41) is 2.68. The first kappa shape index (κ1) is 20.0. The van der Waals surface area contributed by atoms with Crippen LogP contribution in [0.5, 0.6) is 0 Å². The second kappa shape index (κ2) is 8.12. The predicted octanol–water partition coefficient (Wildman–Crippen LogP) is 2.35. The van der Waals surface area contributed by atoms with E-state index in [2.05, 4.69) is 10.0 Å². The molecule has 0 unspecified atom stereocenters. The molecule has 0 saturated carbocycles. The lowest BCUT2D eigenvalue weighted by Crippen LogP contribution is -2.33. The van der Waals surface area contributed by atoms with Crippen LogP contribution < -0.4 is 14.9 Å². The number of carbonyl (C=O) groups excluding carboxylic acids is 2. The Morgan fingerprint density at radius 1 is 1.07 bits per heavy atom. The number of nitrogens with zero attached hydrogens (tertiary/aromatic N) is 1. The van der Waals surface area contributed by atoms with Gasteiger partial charge in [-0.05, 0) is 67.8 Å². The number of hydrogen-bond acceptors (Lipinski definition) is 4. The van der Waals surface area contributed by atoms with Crippen LogP contribution in [-0.2, 0) is 19.6 Å². The van der Waals surface area contributed by atoms with Crippen molar-refractivity contribution in [3.63, 3.8) is 0 Å². The second-order valence-electron chi connectivity index (χ2n) is 6.81. The Kier molecular flexibility index (Phi) is 5.81. The van der Waals surface area contributed by atoms with E-state index in [4.69, 9.17) is 0 Å². The highest BCUT2D eigenvalue weighted by molar-refractivity contribution is 7.89. The lowest BCUT2D eigenvalue weighted by molar-refractivity contribution is -0.117. The van der Waals surface area contributed by atoms with Crippen LogP contribution in [0.4, 0.5) is 11.4 Å². The Morgan fingerprint density at radius 3 is 2.39 bits per heavy atom.